The first-order valence-electron chi connectivity index (χ1n) is 5.55. The molecule has 1 rings (SSSR count). The van der Waals surface area contributed by atoms with Crippen molar-refractivity contribution < 1.29 is 14.5 Å². The summed E-state index contributed by atoms with van der Waals surface area (Å²) in [7, 11) is 0. The summed E-state index contributed by atoms with van der Waals surface area (Å²) in [6.07, 6.45) is 0. The molecule has 8 heteroatoms. The summed E-state index contributed by atoms with van der Waals surface area (Å²) < 4.78 is 5.33. The Morgan fingerprint density at radius 3 is 2.79 bits per heavy atom. The minimum absolute atomic E-state index is 0.0251. The number of nitro benzene ring substituents is 1. The van der Waals surface area contributed by atoms with E-state index >= 15 is 0 Å². The monoisotopic (exact) mass is 287 g/mol. The fourth-order valence-corrected chi connectivity index (χ4v) is 1.63. The Morgan fingerprint density at radius 2 is 2.32 bits per heavy atom. The van der Waals surface area contributed by atoms with E-state index in [1.54, 1.807) is 0 Å². The summed E-state index contributed by atoms with van der Waals surface area (Å²) in [5.74, 6) is -0.199. The fourth-order valence-electron chi connectivity index (χ4n) is 1.39. The Labute approximate surface area is 114 Å². The van der Waals surface area contributed by atoms with Crippen molar-refractivity contribution in [3.63, 3.8) is 0 Å². The van der Waals surface area contributed by atoms with Crippen molar-refractivity contribution >= 4 is 23.2 Å². The van der Waals surface area contributed by atoms with E-state index < -0.39 is 16.9 Å². The number of carbonyl (C=O) groups excluding carboxylic acids is 1. The van der Waals surface area contributed by atoms with Gasteiger partial charge in [0.25, 0.3) is 5.69 Å². The van der Waals surface area contributed by atoms with Crippen LogP contribution >= 0.6 is 11.6 Å². The lowest BCUT2D eigenvalue weighted by atomic mass is 10.3. The number of primary amides is 1. The van der Waals surface area contributed by atoms with Crippen LogP contribution in [0.2, 0.25) is 5.02 Å². The highest BCUT2D eigenvalue weighted by Crippen LogP contribution is 2.28. The average Bonchev–Trinajstić information content (AvgIpc) is 2.33. The number of nitrogens with two attached hydrogens (primary N) is 1. The molecule has 0 aromatic heterocycles. The first-order valence-corrected chi connectivity index (χ1v) is 5.93. The zero-order valence-corrected chi connectivity index (χ0v) is 11.0. The van der Waals surface area contributed by atoms with Gasteiger partial charge in [-0.3, -0.25) is 14.9 Å². The van der Waals surface area contributed by atoms with Crippen molar-refractivity contribution in [1.29, 1.82) is 0 Å². The molecular weight excluding hydrogens is 274 g/mol. The molecule has 0 saturated heterocycles. The number of hydrogen-bond donors (Lipinski definition) is 2. The van der Waals surface area contributed by atoms with E-state index in [0.29, 0.717) is 12.3 Å². The molecule has 1 aromatic carbocycles. The molecule has 0 radical (unpaired) electrons. The van der Waals surface area contributed by atoms with Crippen molar-refractivity contribution in [2.45, 2.75) is 13.0 Å². The molecule has 0 bridgehead atoms. The van der Waals surface area contributed by atoms with Gasteiger partial charge in [0.05, 0.1) is 4.92 Å². The van der Waals surface area contributed by atoms with E-state index in [9.17, 15) is 14.9 Å². The van der Waals surface area contributed by atoms with Crippen LogP contribution in [0.15, 0.2) is 18.2 Å². The van der Waals surface area contributed by atoms with Crippen molar-refractivity contribution in [3.8, 4) is 5.75 Å². The number of ether oxygens (including phenoxy) is 1. The van der Waals surface area contributed by atoms with Gasteiger partial charge in [0.1, 0.15) is 23.4 Å². The van der Waals surface area contributed by atoms with Crippen molar-refractivity contribution in [2.24, 2.45) is 5.73 Å². The molecule has 0 aliphatic heterocycles. The summed E-state index contributed by atoms with van der Waals surface area (Å²) in [6, 6.07) is 3.35. The number of nitrogens with one attached hydrogen (secondary N) is 1. The van der Waals surface area contributed by atoms with Gasteiger partial charge in [-0.05, 0) is 12.6 Å². The summed E-state index contributed by atoms with van der Waals surface area (Å²) >= 11 is 5.73. The Morgan fingerprint density at radius 1 is 1.63 bits per heavy atom. The molecule has 3 N–H and O–H groups in total. The van der Waals surface area contributed by atoms with E-state index in [1.165, 1.54) is 18.2 Å². The molecule has 1 amide bonds. The molecule has 0 heterocycles. The Kier molecular flexibility index (Phi) is 5.53. The van der Waals surface area contributed by atoms with Gasteiger partial charge in [-0.25, -0.2) is 0 Å². The molecule has 1 aromatic rings. The molecule has 1 unspecified atom stereocenters. The van der Waals surface area contributed by atoms with Crippen LogP contribution < -0.4 is 15.8 Å². The quantitative estimate of drug-likeness (QED) is 0.576. The SMILES string of the molecule is CCNC(COc1ccc([N+](=O)[O-])c(Cl)c1)C(N)=O. The summed E-state index contributed by atoms with van der Waals surface area (Å²) in [4.78, 5) is 21.1. The van der Waals surface area contributed by atoms with Crippen LogP contribution in [0.4, 0.5) is 5.69 Å². The van der Waals surface area contributed by atoms with E-state index in [-0.39, 0.29) is 17.3 Å². The predicted octanol–water partition coefficient (Wildman–Crippen LogP) is 1.09. The second kappa shape index (κ2) is 6.91. The lowest BCUT2D eigenvalue weighted by Crippen LogP contribution is -2.45. The zero-order chi connectivity index (χ0) is 14.4. The summed E-state index contributed by atoms with van der Waals surface area (Å²) in [5.41, 5.74) is 4.98. The second-order valence-corrected chi connectivity index (χ2v) is 4.10. The first-order chi connectivity index (χ1) is 8.95. The van der Waals surface area contributed by atoms with Crippen molar-refractivity contribution in [2.75, 3.05) is 13.2 Å². The number of amides is 1. The van der Waals surface area contributed by atoms with Gasteiger partial charge in [-0.2, -0.15) is 0 Å². The highest BCUT2D eigenvalue weighted by atomic mass is 35.5. The molecule has 0 spiro atoms. The standard InChI is InChI=1S/C11H14ClN3O4/c1-2-14-9(11(13)16)6-19-7-3-4-10(15(17)18)8(12)5-7/h3-5,9,14H,2,6H2,1H3,(H2,13,16). The predicted molar refractivity (Wildman–Crippen MR) is 70.3 cm³/mol. The smallest absolute Gasteiger partial charge is 0.288 e. The third-order valence-electron chi connectivity index (χ3n) is 2.33. The van der Waals surface area contributed by atoms with Gasteiger partial charge in [0.2, 0.25) is 5.91 Å². The minimum Gasteiger partial charge on any atom is -0.491 e. The molecule has 1 atom stereocenters. The van der Waals surface area contributed by atoms with Gasteiger partial charge in [0, 0.05) is 12.1 Å². The van der Waals surface area contributed by atoms with Crippen LogP contribution in [-0.2, 0) is 4.79 Å². The maximum absolute atomic E-state index is 11.1. The Balaban J connectivity index is 2.70. The summed E-state index contributed by atoms with van der Waals surface area (Å²) in [6.45, 7) is 2.42. The normalized spacial score (nSPS) is 11.9. The fraction of sp³-hybridized carbons (Fsp3) is 0.364. The van der Waals surface area contributed by atoms with Crippen LogP contribution in [0, 0.1) is 10.1 Å². The van der Waals surface area contributed by atoms with Crippen LogP contribution in [0.1, 0.15) is 6.92 Å². The second-order valence-electron chi connectivity index (χ2n) is 3.69. The minimum atomic E-state index is -0.626. The lowest BCUT2D eigenvalue weighted by Gasteiger charge is -2.15. The zero-order valence-electron chi connectivity index (χ0n) is 10.3. The average molecular weight is 288 g/mol. The highest BCUT2D eigenvalue weighted by Gasteiger charge is 2.16. The van der Waals surface area contributed by atoms with Crippen LogP contribution in [0.5, 0.6) is 5.75 Å². The number of benzene rings is 1. The molecule has 19 heavy (non-hydrogen) atoms. The van der Waals surface area contributed by atoms with Crippen LogP contribution in [-0.4, -0.2) is 30.0 Å². The van der Waals surface area contributed by atoms with Crippen LogP contribution in [0.3, 0.4) is 0 Å². The van der Waals surface area contributed by atoms with Crippen LogP contribution in [0.25, 0.3) is 0 Å². The molecular formula is C11H14ClN3O4. The maximum atomic E-state index is 11.1. The third-order valence-corrected chi connectivity index (χ3v) is 2.63. The van der Waals surface area contributed by atoms with Gasteiger partial charge >= 0.3 is 0 Å². The molecule has 0 saturated carbocycles. The van der Waals surface area contributed by atoms with Gasteiger partial charge < -0.3 is 15.8 Å². The Bertz CT molecular complexity index is 481. The molecule has 0 aliphatic rings. The molecule has 7 nitrogen and oxygen atoms in total. The first kappa shape index (κ1) is 15.2. The number of rotatable bonds is 7. The van der Waals surface area contributed by atoms with Crippen molar-refractivity contribution in [1.82, 2.24) is 5.32 Å². The van der Waals surface area contributed by atoms with E-state index in [4.69, 9.17) is 22.1 Å². The lowest BCUT2D eigenvalue weighted by molar-refractivity contribution is -0.384. The van der Waals surface area contributed by atoms with E-state index in [1.807, 2.05) is 6.92 Å². The third kappa shape index (κ3) is 4.38. The number of carbonyl (C=O) groups is 1. The largest absolute Gasteiger partial charge is 0.491 e. The number of halogens is 1. The van der Waals surface area contributed by atoms with Gasteiger partial charge in [-0.1, -0.05) is 18.5 Å². The maximum Gasteiger partial charge on any atom is 0.288 e. The summed E-state index contributed by atoms with van der Waals surface area (Å²) in [5, 5.41) is 13.4. The van der Waals surface area contributed by atoms with Gasteiger partial charge in [-0.15, -0.1) is 0 Å². The number of likely N-dealkylation sites (N-methyl/N-ethyl adjacent to an activating group) is 1. The number of hydrogen-bond acceptors (Lipinski definition) is 5. The Hall–Kier alpha value is -1.86. The molecule has 0 fully saturated rings. The number of nitro groups is 1. The number of nitrogens with zero attached hydrogens (tertiary/aromatic N) is 1. The molecule has 104 valence electrons. The molecule has 0 aliphatic carbocycles. The highest BCUT2D eigenvalue weighted by molar-refractivity contribution is 6.32. The van der Waals surface area contributed by atoms with E-state index in [2.05, 4.69) is 5.32 Å². The van der Waals surface area contributed by atoms with Gasteiger partial charge in [0.15, 0.2) is 0 Å². The van der Waals surface area contributed by atoms with E-state index in [0.717, 1.165) is 0 Å². The topological polar surface area (TPSA) is 107 Å². The van der Waals surface area contributed by atoms with Crippen molar-refractivity contribution in [3.05, 3.63) is 33.3 Å².